The van der Waals surface area contributed by atoms with Gasteiger partial charge in [-0.1, -0.05) is 24.3 Å². The van der Waals surface area contributed by atoms with Crippen molar-refractivity contribution in [2.24, 2.45) is 0 Å². The van der Waals surface area contributed by atoms with E-state index in [1.165, 1.54) is 17.0 Å². The van der Waals surface area contributed by atoms with E-state index in [0.29, 0.717) is 6.54 Å². The molecule has 110 valence electrons. The third-order valence-electron chi connectivity index (χ3n) is 3.53. The number of hydrogen-bond donors (Lipinski definition) is 1. The van der Waals surface area contributed by atoms with Gasteiger partial charge in [0.15, 0.2) is 0 Å². The monoisotopic (exact) mass is 302 g/mol. The highest BCUT2D eigenvalue weighted by Crippen LogP contribution is 2.21. The SMILES string of the molecule is O=C(NCc1ccccc1N1CCOCC1)c1cccs1. The molecule has 0 atom stereocenters. The van der Waals surface area contributed by atoms with E-state index in [2.05, 4.69) is 22.3 Å². The van der Waals surface area contributed by atoms with E-state index in [9.17, 15) is 4.79 Å². The second-order valence-electron chi connectivity index (χ2n) is 4.89. The van der Waals surface area contributed by atoms with Gasteiger partial charge in [0.05, 0.1) is 18.1 Å². The molecule has 1 aromatic heterocycles. The zero-order chi connectivity index (χ0) is 14.5. The number of anilines is 1. The molecule has 1 aliphatic rings. The summed E-state index contributed by atoms with van der Waals surface area (Å²) in [5, 5.41) is 4.91. The van der Waals surface area contributed by atoms with Gasteiger partial charge in [0.25, 0.3) is 5.91 Å². The molecule has 1 N–H and O–H groups in total. The van der Waals surface area contributed by atoms with E-state index >= 15 is 0 Å². The van der Waals surface area contributed by atoms with Crippen LogP contribution in [0.1, 0.15) is 15.2 Å². The molecule has 0 saturated carbocycles. The van der Waals surface area contributed by atoms with Gasteiger partial charge in [-0.3, -0.25) is 4.79 Å². The molecule has 1 amide bonds. The van der Waals surface area contributed by atoms with Crippen molar-refractivity contribution in [1.29, 1.82) is 0 Å². The molecule has 5 heteroatoms. The summed E-state index contributed by atoms with van der Waals surface area (Å²) < 4.78 is 5.40. The van der Waals surface area contributed by atoms with Gasteiger partial charge in [-0.2, -0.15) is 0 Å². The van der Waals surface area contributed by atoms with E-state index in [4.69, 9.17) is 4.74 Å². The predicted molar refractivity (Wildman–Crippen MR) is 85.0 cm³/mol. The fraction of sp³-hybridized carbons (Fsp3) is 0.312. The standard InChI is InChI=1S/C16H18N2O2S/c19-16(15-6-3-11-21-15)17-12-13-4-1-2-5-14(13)18-7-9-20-10-8-18/h1-6,11H,7-10,12H2,(H,17,19). The summed E-state index contributed by atoms with van der Waals surface area (Å²) in [7, 11) is 0. The molecular weight excluding hydrogens is 284 g/mol. The number of thiophene rings is 1. The first-order chi connectivity index (χ1) is 10.3. The number of carbonyl (C=O) groups is 1. The van der Waals surface area contributed by atoms with Crippen molar-refractivity contribution in [2.75, 3.05) is 31.2 Å². The number of rotatable bonds is 4. The van der Waals surface area contributed by atoms with E-state index < -0.39 is 0 Å². The molecular formula is C16H18N2O2S. The normalized spacial score (nSPS) is 15.0. The zero-order valence-corrected chi connectivity index (χ0v) is 12.6. The molecule has 0 aliphatic carbocycles. The smallest absolute Gasteiger partial charge is 0.261 e. The van der Waals surface area contributed by atoms with Gasteiger partial charge in [-0.05, 0) is 23.1 Å². The van der Waals surface area contributed by atoms with Gasteiger partial charge in [0.1, 0.15) is 0 Å². The fourth-order valence-electron chi connectivity index (χ4n) is 2.44. The Morgan fingerprint density at radius 3 is 2.76 bits per heavy atom. The molecule has 2 aromatic rings. The highest BCUT2D eigenvalue weighted by Gasteiger charge is 2.15. The maximum absolute atomic E-state index is 12.0. The number of ether oxygens (including phenoxy) is 1. The van der Waals surface area contributed by atoms with Gasteiger partial charge in [-0.15, -0.1) is 11.3 Å². The highest BCUT2D eigenvalue weighted by atomic mass is 32.1. The molecule has 0 radical (unpaired) electrons. The van der Waals surface area contributed by atoms with Crippen LogP contribution in [0.25, 0.3) is 0 Å². The first kappa shape index (κ1) is 14.1. The summed E-state index contributed by atoms with van der Waals surface area (Å²) in [6, 6.07) is 12.0. The van der Waals surface area contributed by atoms with Crippen molar-refractivity contribution in [3.8, 4) is 0 Å². The Bertz CT molecular complexity index is 592. The Hall–Kier alpha value is -1.85. The quantitative estimate of drug-likeness (QED) is 0.943. The van der Waals surface area contributed by atoms with Gasteiger partial charge in [0.2, 0.25) is 0 Å². The topological polar surface area (TPSA) is 41.6 Å². The minimum absolute atomic E-state index is 0.0122. The maximum atomic E-state index is 12.0. The van der Waals surface area contributed by atoms with Gasteiger partial charge >= 0.3 is 0 Å². The number of para-hydroxylation sites is 1. The fourth-order valence-corrected chi connectivity index (χ4v) is 3.08. The molecule has 2 heterocycles. The van der Waals surface area contributed by atoms with Crippen molar-refractivity contribution in [2.45, 2.75) is 6.54 Å². The Morgan fingerprint density at radius 2 is 2.00 bits per heavy atom. The van der Waals surface area contributed by atoms with Crippen molar-refractivity contribution >= 4 is 22.9 Å². The van der Waals surface area contributed by atoms with Crippen LogP contribution >= 0.6 is 11.3 Å². The Balaban J connectivity index is 1.69. The number of carbonyl (C=O) groups excluding carboxylic acids is 1. The van der Waals surface area contributed by atoms with Crippen LogP contribution in [-0.4, -0.2) is 32.2 Å². The number of hydrogen-bond acceptors (Lipinski definition) is 4. The average molecular weight is 302 g/mol. The van der Waals surface area contributed by atoms with Crippen LogP contribution in [0.2, 0.25) is 0 Å². The van der Waals surface area contributed by atoms with Crippen LogP contribution in [0.5, 0.6) is 0 Å². The van der Waals surface area contributed by atoms with Crippen molar-refractivity contribution in [3.05, 3.63) is 52.2 Å². The third-order valence-corrected chi connectivity index (χ3v) is 4.40. The largest absolute Gasteiger partial charge is 0.378 e. The summed E-state index contributed by atoms with van der Waals surface area (Å²) in [5.41, 5.74) is 2.33. The van der Waals surface area contributed by atoms with Crippen LogP contribution in [0.4, 0.5) is 5.69 Å². The van der Waals surface area contributed by atoms with Crippen LogP contribution < -0.4 is 10.2 Å². The Labute approximate surface area is 128 Å². The lowest BCUT2D eigenvalue weighted by Gasteiger charge is -2.30. The first-order valence-corrected chi connectivity index (χ1v) is 7.95. The average Bonchev–Trinajstić information content (AvgIpc) is 3.08. The summed E-state index contributed by atoms with van der Waals surface area (Å²) in [5.74, 6) is -0.0122. The molecule has 0 bridgehead atoms. The first-order valence-electron chi connectivity index (χ1n) is 7.07. The number of amides is 1. The molecule has 3 rings (SSSR count). The molecule has 21 heavy (non-hydrogen) atoms. The van der Waals surface area contributed by atoms with Crippen LogP contribution in [0, 0.1) is 0 Å². The van der Waals surface area contributed by atoms with Gasteiger partial charge in [-0.25, -0.2) is 0 Å². The molecule has 1 saturated heterocycles. The maximum Gasteiger partial charge on any atom is 0.261 e. The minimum atomic E-state index is -0.0122. The minimum Gasteiger partial charge on any atom is -0.378 e. The Morgan fingerprint density at radius 1 is 1.19 bits per heavy atom. The lowest BCUT2D eigenvalue weighted by Crippen LogP contribution is -2.37. The molecule has 4 nitrogen and oxygen atoms in total. The van der Waals surface area contributed by atoms with Gasteiger partial charge < -0.3 is 15.0 Å². The van der Waals surface area contributed by atoms with Crippen LogP contribution in [0.3, 0.4) is 0 Å². The second kappa shape index (κ2) is 6.74. The van der Waals surface area contributed by atoms with E-state index in [1.807, 2.05) is 29.6 Å². The highest BCUT2D eigenvalue weighted by molar-refractivity contribution is 7.12. The molecule has 0 spiro atoms. The summed E-state index contributed by atoms with van der Waals surface area (Å²) in [6.45, 7) is 3.86. The van der Waals surface area contributed by atoms with E-state index in [1.54, 1.807) is 0 Å². The third kappa shape index (κ3) is 3.43. The van der Waals surface area contributed by atoms with Crippen LogP contribution in [-0.2, 0) is 11.3 Å². The van der Waals surface area contributed by atoms with E-state index in [0.717, 1.165) is 36.7 Å². The van der Waals surface area contributed by atoms with Crippen molar-refractivity contribution in [1.82, 2.24) is 5.32 Å². The number of nitrogens with one attached hydrogen (secondary N) is 1. The number of morpholine rings is 1. The lowest BCUT2D eigenvalue weighted by molar-refractivity contribution is 0.0954. The lowest BCUT2D eigenvalue weighted by atomic mass is 10.1. The van der Waals surface area contributed by atoms with E-state index in [-0.39, 0.29) is 5.91 Å². The van der Waals surface area contributed by atoms with Crippen LogP contribution in [0.15, 0.2) is 41.8 Å². The zero-order valence-electron chi connectivity index (χ0n) is 11.7. The summed E-state index contributed by atoms with van der Waals surface area (Å²) in [6.07, 6.45) is 0. The van der Waals surface area contributed by atoms with Gasteiger partial charge in [0, 0.05) is 25.3 Å². The number of nitrogens with zero attached hydrogens (tertiary/aromatic N) is 1. The Kier molecular flexibility index (Phi) is 4.52. The molecule has 1 fully saturated rings. The molecule has 1 aromatic carbocycles. The van der Waals surface area contributed by atoms with Crippen molar-refractivity contribution < 1.29 is 9.53 Å². The second-order valence-corrected chi connectivity index (χ2v) is 5.84. The molecule has 1 aliphatic heterocycles. The summed E-state index contributed by atoms with van der Waals surface area (Å²) in [4.78, 5) is 15.1. The summed E-state index contributed by atoms with van der Waals surface area (Å²) >= 11 is 1.46. The van der Waals surface area contributed by atoms with Crippen molar-refractivity contribution in [3.63, 3.8) is 0 Å². The predicted octanol–water partition coefficient (Wildman–Crippen LogP) is 2.51. The molecule has 0 unspecified atom stereocenters. The number of benzene rings is 1.